The monoisotopic (exact) mass is 351 g/mol. The molecule has 0 spiro atoms. The lowest BCUT2D eigenvalue weighted by atomic mass is 9.99. The number of methoxy groups -OCH3 is 3. The smallest absolute Gasteiger partial charge is 0.133 e. The zero-order valence-corrected chi connectivity index (χ0v) is 13.8. The van der Waals surface area contributed by atoms with E-state index in [1.165, 1.54) is 0 Å². The molecule has 5 heteroatoms. The Bertz CT molecular complexity index is 609. The van der Waals surface area contributed by atoms with E-state index in [1.54, 1.807) is 21.3 Å². The molecule has 0 saturated carbocycles. The molecule has 1 unspecified atom stereocenters. The molecule has 2 aromatic rings. The van der Waals surface area contributed by atoms with Crippen molar-refractivity contribution in [1.29, 1.82) is 0 Å². The molecule has 0 fully saturated rings. The highest BCUT2D eigenvalue weighted by atomic mass is 79.9. The van der Waals surface area contributed by atoms with E-state index in [2.05, 4.69) is 15.9 Å². The lowest BCUT2D eigenvalue weighted by Crippen LogP contribution is -2.12. The van der Waals surface area contributed by atoms with Crippen molar-refractivity contribution in [3.8, 4) is 17.2 Å². The van der Waals surface area contributed by atoms with Gasteiger partial charge in [0.25, 0.3) is 0 Å². The fourth-order valence-electron chi connectivity index (χ4n) is 2.08. The third-order valence-corrected chi connectivity index (χ3v) is 3.89. The Morgan fingerprint density at radius 2 is 1.48 bits per heavy atom. The van der Waals surface area contributed by atoms with Crippen LogP contribution in [-0.2, 0) is 0 Å². The summed E-state index contributed by atoms with van der Waals surface area (Å²) in [5.41, 5.74) is 8.24. The van der Waals surface area contributed by atoms with Crippen LogP contribution in [0.3, 0.4) is 0 Å². The second kappa shape index (κ2) is 6.83. The van der Waals surface area contributed by atoms with Crippen molar-refractivity contribution in [2.75, 3.05) is 21.3 Å². The first-order valence-corrected chi connectivity index (χ1v) is 7.20. The van der Waals surface area contributed by atoms with Crippen molar-refractivity contribution in [3.63, 3.8) is 0 Å². The van der Waals surface area contributed by atoms with Crippen LogP contribution in [-0.4, -0.2) is 21.3 Å². The summed E-state index contributed by atoms with van der Waals surface area (Å²) in [5, 5.41) is 0. The number of hydrogen-bond donors (Lipinski definition) is 1. The molecule has 0 saturated heterocycles. The Morgan fingerprint density at radius 3 is 1.95 bits per heavy atom. The van der Waals surface area contributed by atoms with E-state index < -0.39 is 0 Å². The van der Waals surface area contributed by atoms with E-state index in [-0.39, 0.29) is 6.04 Å². The molecule has 0 aliphatic rings. The minimum atomic E-state index is -0.281. The van der Waals surface area contributed by atoms with Crippen LogP contribution in [0.25, 0.3) is 0 Å². The molecule has 1 atom stereocenters. The lowest BCUT2D eigenvalue weighted by Gasteiger charge is -2.16. The van der Waals surface area contributed by atoms with E-state index in [0.29, 0.717) is 11.5 Å². The Balaban J connectivity index is 2.39. The predicted octanol–water partition coefficient (Wildman–Crippen LogP) is 3.52. The second-order valence-corrected chi connectivity index (χ2v) is 5.37. The SMILES string of the molecule is COc1cc(OC)cc(C(N)c2ccc(OC)c(Br)c2)c1. The quantitative estimate of drug-likeness (QED) is 0.895. The van der Waals surface area contributed by atoms with Crippen molar-refractivity contribution < 1.29 is 14.2 Å². The summed E-state index contributed by atoms with van der Waals surface area (Å²) in [7, 11) is 4.87. The minimum absolute atomic E-state index is 0.281. The highest BCUT2D eigenvalue weighted by molar-refractivity contribution is 9.10. The van der Waals surface area contributed by atoms with Crippen molar-refractivity contribution in [1.82, 2.24) is 0 Å². The minimum Gasteiger partial charge on any atom is -0.497 e. The standard InChI is InChI=1S/C16H18BrNO3/c1-19-12-6-11(7-13(9-12)20-2)16(18)10-4-5-15(21-3)14(17)8-10/h4-9,16H,18H2,1-3H3. The molecule has 21 heavy (non-hydrogen) atoms. The highest BCUT2D eigenvalue weighted by Crippen LogP contribution is 2.32. The van der Waals surface area contributed by atoms with Gasteiger partial charge in [0.05, 0.1) is 31.8 Å². The molecule has 4 nitrogen and oxygen atoms in total. The van der Waals surface area contributed by atoms with Gasteiger partial charge in [-0.25, -0.2) is 0 Å². The summed E-state index contributed by atoms with van der Waals surface area (Å²) >= 11 is 3.47. The van der Waals surface area contributed by atoms with Gasteiger partial charge in [-0.3, -0.25) is 0 Å². The fraction of sp³-hybridized carbons (Fsp3) is 0.250. The topological polar surface area (TPSA) is 53.7 Å². The summed E-state index contributed by atoms with van der Waals surface area (Å²) in [6.45, 7) is 0. The number of benzene rings is 2. The summed E-state index contributed by atoms with van der Waals surface area (Å²) in [4.78, 5) is 0. The molecule has 0 heterocycles. The molecule has 0 aromatic heterocycles. The van der Waals surface area contributed by atoms with Crippen LogP contribution in [0, 0.1) is 0 Å². The van der Waals surface area contributed by atoms with Crippen LogP contribution in [0.5, 0.6) is 17.2 Å². The van der Waals surface area contributed by atoms with Crippen molar-refractivity contribution >= 4 is 15.9 Å². The Morgan fingerprint density at radius 1 is 0.857 bits per heavy atom. The van der Waals surface area contributed by atoms with Crippen molar-refractivity contribution in [2.24, 2.45) is 5.73 Å². The normalized spacial score (nSPS) is 11.9. The zero-order valence-electron chi connectivity index (χ0n) is 12.2. The number of nitrogens with two attached hydrogens (primary N) is 1. The van der Waals surface area contributed by atoms with Gasteiger partial charge in [-0.1, -0.05) is 6.07 Å². The molecule has 2 rings (SSSR count). The maximum absolute atomic E-state index is 6.35. The van der Waals surface area contributed by atoms with E-state index in [4.69, 9.17) is 19.9 Å². The molecule has 0 radical (unpaired) electrons. The van der Waals surface area contributed by atoms with Crippen LogP contribution in [0.4, 0.5) is 0 Å². The van der Waals surface area contributed by atoms with Gasteiger partial charge < -0.3 is 19.9 Å². The Labute approximate surface area is 132 Å². The largest absolute Gasteiger partial charge is 0.497 e. The number of halogens is 1. The van der Waals surface area contributed by atoms with Crippen LogP contribution < -0.4 is 19.9 Å². The second-order valence-electron chi connectivity index (χ2n) is 4.52. The zero-order chi connectivity index (χ0) is 15.4. The average Bonchev–Trinajstić information content (AvgIpc) is 2.53. The van der Waals surface area contributed by atoms with Crippen LogP contribution in [0.15, 0.2) is 40.9 Å². The predicted molar refractivity (Wildman–Crippen MR) is 86.3 cm³/mol. The van der Waals surface area contributed by atoms with Gasteiger partial charge >= 0.3 is 0 Å². The molecular formula is C16H18BrNO3. The summed E-state index contributed by atoms with van der Waals surface area (Å²) in [5.74, 6) is 2.20. The fourth-order valence-corrected chi connectivity index (χ4v) is 2.64. The number of rotatable bonds is 5. The molecule has 0 aliphatic heterocycles. The van der Waals surface area contributed by atoms with Gasteiger partial charge in [-0.15, -0.1) is 0 Å². The average molecular weight is 352 g/mol. The van der Waals surface area contributed by atoms with E-state index in [9.17, 15) is 0 Å². The molecule has 0 amide bonds. The van der Waals surface area contributed by atoms with Crippen LogP contribution in [0.2, 0.25) is 0 Å². The molecule has 112 valence electrons. The molecular weight excluding hydrogens is 334 g/mol. The Kier molecular flexibility index (Phi) is 5.09. The molecule has 0 aliphatic carbocycles. The first-order chi connectivity index (χ1) is 10.1. The van der Waals surface area contributed by atoms with Crippen LogP contribution in [0.1, 0.15) is 17.2 Å². The first-order valence-electron chi connectivity index (χ1n) is 6.41. The maximum atomic E-state index is 6.35. The van der Waals surface area contributed by atoms with Gasteiger partial charge in [-0.05, 0) is 51.3 Å². The van der Waals surface area contributed by atoms with Gasteiger partial charge in [-0.2, -0.15) is 0 Å². The van der Waals surface area contributed by atoms with E-state index in [1.807, 2.05) is 36.4 Å². The van der Waals surface area contributed by atoms with Gasteiger partial charge in [0.15, 0.2) is 0 Å². The number of ether oxygens (including phenoxy) is 3. The molecule has 2 aromatic carbocycles. The molecule has 0 bridgehead atoms. The van der Waals surface area contributed by atoms with E-state index >= 15 is 0 Å². The highest BCUT2D eigenvalue weighted by Gasteiger charge is 2.13. The Hall–Kier alpha value is -1.72. The summed E-state index contributed by atoms with van der Waals surface area (Å²) < 4.78 is 16.7. The van der Waals surface area contributed by atoms with Gasteiger partial charge in [0.2, 0.25) is 0 Å². The third kappa shape index (κ3) is 3.49. The first kappa shape index (κ1) is 15.7. The maximum Gasteiger partial charge on any atom is 0.133 e. The number of hydrogen-bond acceptors (Lipinski definition) is 4. The third-order valence-electron chi connectivity index (χ3n) is 3.27. The van der Waals surface area contributed by atoms with Crippen molar-refractivity contribution in [3.05, 3.63) is 52.0 Å². The van der Waals surface area contributed by atoms with E-state index in [0.717, 1.165) is 21.3 Å². The molecule has 2 N–H and O–H groups in total. The van der Waals surface area contributed by atoms with Crippen LogP contribution >= 0.6 is 15.9 Å². The summed E-state index contributed by atoms with van der Waals surface area (Å²) in [6, 6.07) is 11.1. The lowest BCUT2D eigenvalue weighted by molar-refractivity contribution is 0.393. The summed E-state index contributed by atoms with van der Waals surface area (Å²) in [6.07, 6.45) is 0. The van der Waals surface area contributed by atoms with Gasteiger partial charge in [0, 0.05) is 6.07 Å². The van der Waals surface area contributed by atoms with Gasteiger partial charge in [0.1, 0.15) is 17.2 Å². The van der Waals surface area contributed by atoms with Crippen molar-refractivity contribution in [2.45, 2.75) is 6.04 Å².